The SMILES string of the molecule is Cn1cc(N(C=O)c2ccccc2OC(F)(F)C(F)C(F)(F)F)c(C(F)(F)F)n1. The van der Waals surface area contributed by atoms with E-state index in [0.29, 0.717) is 10.7 Å². The molecule has 0 saturated carbocycles. The minimum Gasteiger partial charge on any atom is -0.428 e. The van der Waals surface area contributed by atoms with E-state index in [1.165, 1.54) is 0 Å². The Bertz CT molecular complexity index is 877. The van der Waals surface area contributed by atoms with Crippen LogP contribution in [0.15, 0.2) is 30.5 Å². The van der Waals surface area contributed by atoms with Crippen LogP contribution in [0.3, 0.4) is 0 Å². The van der Waals surface area contributed by atoms with Gasteiger partial charge in [0.1, 0.15) is 0 Å². The highest BCUT2D eigenvalue weighted by Crippen LogP contribution is 2.43. The fourth-order valence-corrected chi connectivity index (χ4v) is 2.23. The summed E-state index contributed by atoms with van der Waals surface area (Å²) >= 11 is 0. The summed E-state index contributed by atoms with van der Waals surface area (Å²) < 4.78 is 121. The molecule has 0 saturated heterocycles. The number of amides is 1. The smallest absolute Gasteiger partial charge is 0.428 e. The van der Waals surface area contributed by atoms with Crippen molar-refractivity contribution in [1.29, 1.82) is 0 Å². The molecule has 1 aromatic carbocycles. The van der Waals surface area contributed by atoms with Gasteiger partial charge in [-0.25, -0.2) is 4.39 Å². The lowest BCUT2D eigenvalue weighted by Gasteiger charge is -2.26. The number of aryl methyl sites for hydroxylation is 1. The number of rotatable bonds is 6. The molecule has 0 aliphatic carbocycles. The van der Waals surface area contributed by atoms with Crippen LogP contribution in [-0.4, -0.2) is 34.6 Å². The largest absolute Gasteiger partial charge is 0.439 e. The van der Waals surface area contributed by atoms with Gasteiger partial charge in [0, 0.05) is 13.2 Å². The van der Waals surface area contributed by atoms with Crippen LogP contribution < -0.4 is 9.64 Å². The summed E-state index contributed by atoms with van der Waals surface area (Å²) in [4.78, 5) is 11.6. The van der Waals surface area contributed by atoms with Gasteiger partial charge in [0.2, 0.25) is 6.41 Å². The van der Waals surface area contributed by atoms with Crippen LogP contribution >= 0.6 is 0 Å². The molecule has 14 heteroatoms. The highest BCUT2D eigenvalue weighted by Gasteiger charge is 2.59. The Morgan fingerprint density at radius 3 is 2.17 bits per heavy atom. The molecule has 0 aliphatic rings. The topological polar surface area (TPSA) is 47.4 Å². The number of ether oxygens (including phenoxy) is 1. The van der Waals surface area contributed by atoms with Gasteiger partial charge in [-0.05, 0) is 12.1 Å². The highest BCUT2D eigenvalue weighted by molar-refractivity contribution is 5.89. The first-order chi connectivity index (χ1) is 13.2. The summed E-state index contributed by atoms with van der Waals surface area (Å²) in [6, 6.07) is 3.50. The summed E-state index contributed by atoms with van der Waals surface area (Å²) in [6.45, 7) is 0. The molecule has 0 fully saturated rings. The maximum atomic E-state index is 13.6. The number of anilines is 2. The van der Waals surface area contributed by atoms with E-state index in [-0.39, 0.29) is 11.3 Å². The van der Waals surface area contributed by atoms with Crippen LogP contribution in [0.1, 0.15) is 5.69 Å². The van der Waals surface area contributed by atoms with Gasteiger partial charge >= 0.3 is 18.5 Å². The molecule has 0 radical (unpaired) electrons. The number of hydrogen-bond donors (Lipinski definition) is 0. The van der Waals surface area contributed by atoms with Gasteiger partial charge in [0.15, 0.2) is 11.4 Å². The lowest BCUT2D eigenvalue weighted by Crippen LogP contribution is -2.45. The zero-order valence-corrected chi connectivity index (χ0v) is 14.1. The summed E-state index contributed by atoms with van der Waals surface area (Å²) in [5.41, 5.74) is -3.29. The van der Waals surface area contributed by atoms with E-state index < -0.39 is 47.5 Å². The molecule has 0 N–H and O–H groups in total. The van der Waals surface area contributed by atoms with Crippen LogP contribution in [0, 0.1) is 0 Å². The number of carbonyl (C=O) groups is 1. The van der Waals surface area contributed by atoms with E-state index in [4.69, 9.17) is 0 Å². The first-order valence-corrected chi connectivity index (χ1v) is 7.40. The van der Waals surface area contributed by atoms with Gasteiger partial charge in [0.25, 0.3) is 6.17 Å². The third-order valence-electron chi connectivity index (χ3n) is 3.40. The van der Waals surface area contributed by atoms with Crippen molar-refractivity contribution in [3.63, 3.8) is 0 Å². The number of aromatic nitrogens is 2. The molecule has 1 unspecified atom stereocenters. The zero-order chi connectivity index (χ0) is 22.2. The average Bonchev–Trinajstić information content (AvgIpc) is 2.97. The standard InChI is InChI=1S/C15H10F9N3O2/c1-26-6-9(11(25-26)13(17,18)19)27(7-28)8-4-2-3-5-10(8)29-15(23,24)12(16)14(20,21)22/h2-7,12H,1H3. The Hall–Kier alpha value is -2.93. The van der Waals surface area contributed by atoms with Gasteiger partial charge in [-0.3, -0.25) is 14.4 Å². The first kappa shape index (κ1) is 22.4. The molecule has 5 nitrogen and oxygen atoms in total. The lowest BCUT2D eigenvalue weighted by molar-refractivity contribution is -0.304. The van der Waals surface area contributed by atoms with Crippen molar-refractivity contribution in [3.05, 3.63) is 36.2 Å². The summed E-state index contributed by atoms with van der Waals surface area (Å²) in [7, 11) is 1.08. The summed E-state index contributed by atoms with van der Waals surface area (Å²) in [6.07, 6.45) is -20.7. The maximum absolute atomic E-state index is 13.6. The normalized spacial score (nSPS) is 13.9. The van der Waals surface area contributed by atoms with E-state index in [1.54, 1.807) is 0 Å². The van der Waals surface area contributed by atoms with E-state index in [9.17, 15) is 44.3 Å². The predicted molar refractivity (Wildman–Crippen MR) is 79.4 cm³/mol. The van der Waals surface area contributed by atoms with Crippen LogP contribution in [0.25, 0.3) is 0 Å². The minimum absolute atomic E-state index is 0.183. The van der Waals surface area contributed by atoms with E-state index >= 15 is 0 Å². The number of halogens is 9. The van der Waals surface area contributed by atoms with Crippen LogP contribution in [0.2, 0.25) is 0 Å². The third-order valence-corrected chi connectivity index (χ3v) is 3.40. The van der Waals surface area contributed by atoms with E-state index in [1.807, 2.05) is 0 Å². The van der Waals surface area contributed by atoms with Crippen molar-refractivity contribution >= 4 is 17.8 Å². The fourth-order valence-electron chi connectivity index (χ4n) is 2.23. The number of carbonyl (C=O) groups excluding carboxylic acids is 1. The van der Waals surface area contributed by atoms with Gasteiger partial charge in [0.05, 0.1) is 11.4 Å². The molecule has 0 bridgehead atoms. The molecule has 2 rings (SSSR count). The first-order valence-electron chi connectivity index (χ1n) is 7.40. The Morgan fingerprint density at radius 1 is 1.07 bits per heavy atom. The van der Waals surface area contributed by atoms with Crippen molar-refractivity contribution in [3.8, 4) is 5.75 Å². The van der Waals surface area contributed by atoms with Crippen molar-refractivity contribution in [2.75, 3.05) is 4.90 Å². The maximum Gasteiger partial charge on any atom is 0.439 e. The monoisotopic (exact) mass is 435 g/mol. The van der Waals surface area contributed by atoms with Crippen molar-refractivity contribution in [2.45, 2.75) is 24.6 Å². The molecule has 29 heavy (non-hydrogen) atoms. The molecule has 1 heterocycles. The number of alkyl halides is 9. The lowest BCUT2D eigenvalue weighted by atomic mass is 10.2. The van der Waals surface area contributed by atoms with Gasteiger partial charge in [-0.2, -0.15) is 40.2 Å². The molecule has 160 valence electrons. The molecular formula is C15H10F9N3O2. The molecule has 1 amide bonds. The van der Waals surface area contributed by atoms with E-state index in [2.05, 4.69) is 9.84 Å². The van der Waals surface area contributed by atoms with Crippen molar-refractivity contribution < 1.29 is 49.0 Å². The van der Waals surface area contributed by atoms with Crippen molar-refractivity contribution in [1.82, 2.24) is 9.78 Å². The van der Waals surface area contributed by atoms with E-state index in [0.717, 1.165) is 31.4 Å². The second kappa shape index (κ2) is 7.48. The minimum atomic E-state index is -5.98. The molecule has 1 atom stereocenters. The van der Waals surface area contributed by atoms with Crippen LogP contribution in [-0.2, 0) is 18.0 Å². The highest BCUT2D eigenvalue weighted by atomic mass is 19.4. The predicted octanol–water partition coefficient (Wildman–Crippen LogP) is 4.61. The quantitative estimate of drug-likeness (QED) is 0.492. The second-order valence-electron chi connectivity index (χ2n) is 5.55. The zero-order valence-electron chi connectivity index (χ0n) is 14.1. The van der Waals surface area contributed by atoms with Crippen molar-refractivity contribution in [2.24, 2.45) is 7.05 Å². The van der Waals surface area contributed by atoms with Gasteiger partial charge in [-0.1, -0.05) is 12.1 Å². The molecule has 0 aliphatic heterocycles. The van der Waals surface area contributed by atoms with Crippen LogP contribution in [0.5, 0.6) is 5.75 Å². The molecule has 0 spiro atoms. The Kier molecular flexibility index (Phi) is 5.77. The number of para-hydroxylation sites is 2. The number of nitrogens with zero attached hydrogens (tertiary/aromatic N) is 3. The number of hydrogen-bond acceptors (Lipinski definition) is 3. The van der Waals surface area contributed by atoms with Crippen LogP contribution in [0.4, 0.5) is 50.9 Å². The Balaban J connectivity index is 2.53. The Labute approximate surface area is 156 Å². The van der Waals surface area contributed by atoms with Gasteiger partial charge < -0.3 is 4.74 Å². The second-order valence-corrected chi connectivity index (χ2v) is 5.55. The summed E-state index contributed by atoms with van der Waals surface area (Å²) in [5, 5.41) is 3.13. The number of benzene rings is 1. The van der Waals surface area contributed by atoms with Gasteiger partial charge in [-0.15, -0.1) is 0 Å². The molecular weight excluding hydrogens is 425 g/mol. The molecule has 1 aromatic heterocycles. The molecule has 2 aromatic rings. The average molecular weight is 435 g/mol. The third kappa shape index (κ3) is 4.74. The Morgan fingerprint density at radius 2 is 1.66 bits per heavy atom. The summed E-state index contributed by atoms with van der Waals surface area (Å²) in [5.74, 6) is -1.17. The fraction of sp³-hybridized carbons (Fsp3) is 0.333.